The summed E-state index contributed by atoms with van der Waals surface area (Å²) in [4.78, 5) is 20.9. The number of aromatic nitrogens is 1. The molecule has 1 amide bonds. The number of nitrogens with zero attached hydrogens (tertiary/aromatic N) is 3. The van der Waals surface area contributed by atoms with Gasteiger partial charge < -0.3 is 15.1 Å². The summed E-state index contributed by atoms with van der Waals surface area (Å²) in [5.41, 5.74) is 0.636. The average molecular weight is 346 g/mol. The maximum absolute atomic E-state index is 13.6. The van der Waals surface area contributed by atoms with Gasteiger partial charge in [0.05, 0.1) is 5.56 Å². The lowest BCUT2D eigenvalue weighted by atomic mass is 10.2. The van der Waals surface area contributed by atoms with Crippen molar-refractivity contribution in [2.24, 2.45) is 0 Å². The summed E-state index contributed by atoms with van der Waals surface area (Å²) in [7, 11) is 2.10. The highest BCUT2D eigenvalue weighted by Gasteiger charge is 2.15. The second kappa shape index (κ2) is 7.57. The van der Waals surface area contributed by atoms with E-state index in [0.717, 1.165) is 49.7 Å². The van der Waals surface area contributed by atoms with E-state index in [-0.39, 0.29) is 12.1 Å². The molecule has 2 heterocycles. The number of anilines is 1. The van der Waals surface area contributed by atoms with Crippen LogP contribution in [0.1, 0.15) is 15.9 Å². The van der Waals surface area contributed by atoms with Gasteiger partial charge in [-0.15, -0.1) is 0 Å². The van der Waals surface area contributed by atoms with Crippen molar-refractivity contribution in [1.29, 1.82) is 0 Å². The van der Waals surface area contributed by atoms with Gasteiger partial charge in [0.2, 0.25) is 0 Å². The Morgan fingerprint density at radius 3 is 2.56 bits per heavy atom. The highest BCUT2D eigenvalue weighted by atomic mass is 19.1. The van der Waals surface area contributed by atoms with Gasteiger partial charge in [-0.1, -0.05) is 6.07 Å². The Bertz CT molecular complexity index is 743. The standard InChI is InChI=1S/C18H20F2N4O/c1-23-6-8-24(9-7-23)17-5-2-13(11-21-17)12-22-18(25)15-4-3-14(19)10-16(15)20/h2-5,10-11H,6-9,12H2,1H3,(H,22,25). The van der Waals surface area contributed by atoms with E-state index in [4.69, 9.17) is 0 Å². The molecule has 0 aliphatic carbocycles. The van der Waals surface area contributed by atoms with Crippen LogP contribution in [0.25, 0.3) is 0 Å². The molecule has 2 aromatic rings. The van der Waals surface area contributed by atoms with Crippen molar-refractivity contribution in [3.05, 3.63) is 59.3 Å². The van der Waals surface area contributed by atoms with E-state index in [2.05, 4.69) is 27.1 Å². The number of amides is 1. The molecule has 0 radical (unpaired) electrons. The predicted octanol–water partition coefficient (Wildman–Crippen LogP) is 2.04. The molecule has 0 atom stereocenters. The van der Waals surface area contributed by atoms with Crippen LogP contribution in [0.15, 0.2) is 36.5 Å². The predicted molar refractivity (Wildman–Crippen MR) is 91.5 cm³/mol. The van der Waals surface area contributed by atoms with Crippen LogP contribution in [0.2, 0.25) is 0 Å². The maximum Gasteiger partial charge on any atom is 0.254 e. The number of nitrogens with one attached hydrogen (secondary N) is 1. The third kappa shape index (κ3) is 4.30. The smallest absolute Gasteiger partial charge is 0.254 e. The zero-order valence-corrected chi connectivity index (χ0v) is 14.0. The van der Waals surface area contributed by atoms with E-state index < -0.39 is 17.5 Å². The quantitative estimate of drug-likeness (QED) is 0.920. The number of benzene rings is 1. The number of hydrogen-bond acceptors (Lipinski definition) is 4. The van der Waals surface area contributed by atoms with Crippen LogP contribution in [0.3, 0.4) is 0 Å². The number of hydrogen-bond donors (Lipinski definition) is 1. The molecule has 0 spiro atoms. The number of carbonyl (C=O) groups is 1. The molecule has 1 aliphatic heterocycles. The minimum absolute atomic E-state index is 0.177. The molecular formula is C18H20F2N4O. The first-order chi connectivity index (χ1) is 12.0. The van der Waals surface area contributed by atoms with Gasteiger partial charge in [0.15, 0.2) is 0 Å². The van der Waals surface area contributed by atoms with Gasteiger partial charge in [-0.3, -0.25) is 4.79 Å². The van der Waals surface area contributed by atoms with Gasteiger partial charge >= 0.3 is 0 Å². The average Bonchev–Trinajstić information content (AvgIpc) is 2.61. The molecule has 132 valence electrons. The van der Waals surface area contributed by atoms with Gasteiger partial charge in [0.25, 0.3) is 5.91 Å². The molecule has 1 fully saturated rings. The summed E-state index contributed by atoms with van der Waals surface area (Å²) in [5, 5.41) is 2.62. The SMILES string of the molecule is CN1CCN(c2ccc(CNC(=O)c3ccc(F)cc3F)cn2)CC1. The molecule has 25 heavy (non-hydrogen) atoms. The normalized spacial score (nSPS) is 15.2. The first kappa shape index (κ1) is 17.3. The lowest BCUT2D eigenvalue weighted by Gasteiger charge is -2.33. The van der Waals surface area contributed by atoms with Crippen molar-refractivity contribution in [3.63, 3.8) is 0 Å². The molecule has 1 saturated heterocycles. The van der Waals surface area contributed by atoms with Crippen molar-refractivity contribution in [2.75, 3.05) is 38.1 Å². The minimum Gasteiger partial charge on any atom is -0.354 e. The van der Waals surface area contributed by atoms with Gasteiger partial charge in [0, 0.05) is 45.0 Å². The number of halogens is 2. The highest BCUT2D eigenvalue weighted by Crippen LogP contribution is 2.14. The van der Waals surface area contributed by atoms with Crippen molar-refractivity contribution in [3.8, 4) is 0 Å². The zero-order valence-electron chi connectivity index (χ0n) is 14.0. The van der Waals surface area contributed by atoms with Gasteiger partial charge in [-0.25, -0.2) is 13.8 Å². The number of likely N-dealkylation sites (N-methyl/N-ethyl adjacent to an activating group) is 1. The van der Waals surface area contributed by atoms with Crippen LogP contribution in [0, 0.1) is 11.6 Å². The molecule has 7 heteroatoms. The van der Waals surface area contributed by atoms with E-state index in [1.807, 2.05) is 12.1 Å². The molecule has 0 bridgehead atoms. The molecule has 1 aromatic heterocycles. The van der Waals surface area contributed by atoms with Gasteiger partial charge in [-0.2, -0.15) is 0 Å². The second-order valence-corrected chi connectivity index (χ2v) is 6.12. The highest BCUT2D eigenvalue weighted by molar-refractivity contribution is 5.94. The van der Waals surface area contributed by atoms with Crippen LogP contribution in [-0.4, -0.2) is 49.0 Å². The van der Waals surface area contributed by atoms with Crippen LogP contribution in [0.5, 0.6) is 0 Å². The van der Waals surface area contributed by atoms with Gasteiger partial charge in [0.1, 0.15) is 17.5 Å². The third-order valence-corrected chi connectivity index (χ3v) is 4.27. The van der Waals surface area contributed by atoms with Crippen LogP contribution in [0.4, 0.5) is 14.6 Å². The summed E-state index contributed by atoms with van der Waals surface area (Å²) in [6, 6.07) is 6.70. The lowest BCUT2D eigenvalue weighted by Crippen LogP contribution is -2.44. The van der Waals surface area contributed by atoms with E-state index >= 15 is 0 Å². The molecule has 1 aromatic carbocycles. The molecule has 1 N–H and O–H groups in total. The lowest BCUT2D eigenvalue weighted by molar-refractivity contribution is 0.0947. The third-order valence-electron chi connectivity index (χ3n) is 4.27. The van der Waals surface area contributed by atoms with Crippen LogP contribution in [-0.2, 0) is 6.54 Å². The summed E-state index contributed by atoms with van der Waals surface area (Å²) >= 11 is 0. The Kier molecular flexibility index (Phi) is 5.23. The Morgan fingerprint density at radius 1 is 1.16 bits per heavy atom. The molecule has 0 unspecified atom stereocenters. The molecule has 0 saturated carbocycles. The Labute approximate surface area is 145 Å². The number of piperazine rings is 1. The molecular weight excluding hydrogens is 326 g/mol. The molecule has 5 nitrogen and oxygen atoms in total. The van der Waals surface area contributed by atoms with Crippen LogP contribution < -0.4 is 10.2 Å². The fourth-order valence-corrected chi connectivity index (χ4v) is 2.70. The van der Waals surface area contributed by atoms with Crippen molar-refractivity contribution in [2.45, 2.75) is 6.54 Å². The Hall–Kier alpha value is -2.54. The summed E-state index contributed by atoms with van der Waals surface area (Å²) in [5.74, 6) is -1.26. The largest absolute Gasteiger partial charge is 0.354 e. The second-order valence-electron chi connectivity index (χ2n) is 6.12. The molecule has 3 rings (SSSR count). The monoisotopic (exact) mass is 346 g/mol. The fourth-order valence-electron chi connectivity index (χ4n) is 2.70. The van der Waals surface area contributed by atoms with E-state index in [1.54, 1.807) is 6.20 Å². The summed E-state index contributed by atoms with van der Waals surface area (Å²) in [6.07, 6.45) is 1.70. The Balaban J connectivity index is 1.57. The first-order valence-electron chi connectivity index (χ1n) is 8.14. The van der Waals surface area contributed by atoms with Crippen molar-refractivity contribution < 1.29 is 13.6 Å². The minimum atomic E-state index is -0.874. The number of carbonyl (C=O) groups excluding carboxylic acids is 1. The molecule has 1 aliphatic rings. The Morgan fingerprint density at radius 2 is 1.92 bits per heavy atom. The van der Waals surface area contributed by atoms with E-state index in [9.17, 15) is 13.6 Å². The summed E-state index contributed by atoms with van der Waals surface area (Å²) in [6.45, 7) is 4.10. The van der Waals surface area contributed by atoms with Crippen molar-refractivity contribution in [1.82, 2.24) is 15.2 Å². The van der Waals surface area contributed by atoms with E-state index in [1.165, 1.54) is 0 Å². The first-order valence-corrected chi connectivity index (χ1v) is 8.14. The summed E-state index contributed by atoms with van der Waals surface area (Å²) < 4.78 is 26.5. The zero-order chi connectivity index (χ0) is 17.8. The number of pyridine rings is 1. The fraction of sp³-hybridized carbons (Fsp3) is 0.333. The topological polar surface area (TPSA) is 48.5 Å². The van der Waals surface area contributed by atoms with Gasteiger partial charge in [-0.05, 0) is 30.8 Å². The number of rotatable bonds is 4. The van der Waals surface area contributed by atoms with Crippen LogP contribution >= 0.6 is 0 Å². The van der Waals surface area contributed by atoms with Crippen molar-refractivity contribution >= 4 is 11.7 Å². The van der Waals surface area contributed by atoms with E-state index in [0.29, 0.717) is 6.07 Å². The maximum atomic E-state index is 13.6.